The Morgan fingerprint density at radius 2 is 1.08 bits per heavy atom. The van der Waals surface area contributed by atoms with Crippen molar-refractivity contribution in [3.63, 3.8) is 0 Å². The molecule has 4 N–H and O–H groups in total. The number of aliphatic carboxylic acids is 1. The fourth-order valence-electron chi connectivity index (χ4n) is 5.21. The van der Waals surface area contributed by atoms with Gasteiger partial charge in [-0.15, -0.1) is 0 Å². The maximum absolute atomic E-state index is 12.3. The average Bonchev–Trinajstić information content (AvgIpc) is 3.11. The molecule has 0 aliphatic heterocycles. The Hall–Kier alpha value is -2.30. The van der Waals surface area contributed by atoms with E-state index >= 15 is 0 Å². The Bertz CT molecular complexity index is 1030. The van der Waals surface area contributed by atoms with Crippen molar-refractivity contribution in [1.29, 1.82) is 0 Å². The van der Waals surface area contributed by atoms with Crippen molar-refractivity contribution in [2.75, 3.05) is 19.8 Å². The number of phosphoric ester groups is 1. The molecule has 0 aliphatic carbocycles. The molecule has 0 radical (unpaired) electrons. The van der Waals surface area contributed by atoms with Crippen molar-refractivity contribution in [3.05, 3.63) is 36.5 Å². The first-order valence-corrected chi connectivity index (χ1v) is 21.5. The highest BCUT2D eigenvalue weighted by atomic mass is 31.2. The highest BCUT2D eigenvalue weighted by Crippen LogP contribution is 2.43. The van der Waals surface area contributed by atoms with Crippen LogP contribution in [0.4, 0.5) is 0 Å². The van der Waals surface area contributed by atoms with Crippen LogP contribution in [0.2, 0.25) is 0 Å². The molecule has 0 aromatic rings. The molecule has 0 saturated carbocycles. The number of carboxylic acid groups (broad SMARTS) is 1. The van der Waals surface area contributed by atoms with Crippen molar-refractivity contribution in [2.45, 2.75) is 180 Å². The van der Waals surface area contributed by atoms with Crippen molar-refractivity contribution in [2.24, 2.45) is 0 Å². The first-order chi connectivity index (χ1) is 25.1. The highest BCUT2D eigenvalue weighted by molar-refractivity contribution is 7.47. The molecule has 52 heavy (non-hydrogen) atoms. The lowest BCUT2D eigenvalue weighted by Gasteiger charge is -2.18. The first kappa shape index (κ1) is 49.7. The van der Waals surface area contributed by atoms with E-state index in [1.54, 1.807) is 0 Å². The minimum Gasteiger partial charge on any atom is -0.480 e. The summed E-state index contributed by atoms with van der Waals surface area (Å²) >= 11 is 0. The number of aliphatic hydroxyl groups excluding tert-OH is 1. The van der Waals surface area contributed by atoms with Crippen LogP contribution in [0.5, 0.6) is 0 Å². The number of nitrogens with one attached hydrogen (secondary N) is 1. The third-order valence-corrected chi connectivity index (χ3v) is 9.35. The lowest BCUT2D eigenvalue weighted by molar-refractivity contribution is -0.147. The number of allylic oxidation sites excluding steroid dienone is 6. The van der Waals surface area contributed by atoms with Gasteiger partial charge in [0.25, 0.3) is 0 Å². The number of carboxylic acids is 1. The molecule has 1 amide bonds. The number of carbonyl (C=O) groups excluding carboxylic acids is 2. The van der Waals surface area contributed by atoms with E-state index in [1.807, 2.05) is 0 Å². The van der Waals surface area contributed by atoms with Gasteiger partial charge in [0.2, 0.25) is 5.91 Å². The number of esters is 1. The van der Waals surface area contributed by atoms with Gasteiger partial charge in [0.1, 0.15) is 12.7 Å². The zero-order valence-electron chi connectivity index (χ0n) is 32.4. The van der Waals surface area contributed by atoms with Gasteiger partial charge < -0.3 is 25.2 Å². The van der Waals surface area contributed by atoms with Gasteiger partial charge in [-0.05, 0) is 64.2 Å². The summed E-state index contributed by atoms with van der Waals surface area (Å²) in [6.07, 6.45) is 36.0. The van der Waals surface area contributed by atoms with Crippen LogP contribution in [0, 0.1) is 0 Å². The summed E-state index contributed by atoms with van der Waals surface area (Å²) in [6.45, 7) is 2.50. The maximum atomic E-state index is 12.3. The van der Waals surface area contributed by atoms with E-state index < -0.39 is 57.6 Å². The van der Waals surface area contributed by atoms with Crippen LogP contribution in [-0.2, 0) is 32.7 Å². The van der Waals surface area contributed by atoms with Crippen LogP contribution >= 0.6 is 7.82 Å². The molecule has 0 heterocycles. The second-order valence-corrected chi connectivity index (χ2v) is 14.9. The van der Waals surface area contributed by atoms with E-state index in [2.05, 4.69) is 55.6 Å². The lowest BCUT2D eigenvalue weighted by atomic mass is 10.1. The van der Waals surface area contributed by atoms with E-state index in [4.69, 9.17) is 13.8 Å². The van der Waals surface area contributed by atoms with Gasteiger partial charge in [-0.2, -0.15) is 0 Å². The van der Waals surface area contributed by atoms with Crippen molar-refractivity contribution < 1.29 is 47.8 Å². The first-order valence-electron chi connectivity index (χ1n) is 20.0. The fourth-order valence-corrected chi connectivity index (χ4v) is 5.98. The summed E-state index contributed by atoms with van der Waals surface area (Å²) in [7, 11) is -4.76. The summed E-state index contributed by atoms with van der Waals surface area (Å²) in [5, 5.41) is 21.7. The molecule has 0 rings (SSSR count). The predicted octanol–water partition coefficient (Wildman–Crippen LogP) is 9.66. The predicted molar refractivity (Wildman–Crippen MR) is 208 cm³/mol. The molecule has 11 nitrogen and oxygen atoms in total. The normalized spacial score (nSPS) is 14.2. The van der Waals surface area contributed by atoms with Crippen LogP contribution in [-0.4, -0.2) is 64.9 Å². The molecule has 0 bridgehead atoms. The van der Waals surface area contributed by atoms with E-state index in [0.717, 1.165) is 83.5 Å². The molecule has 0 aliphatic rings. The molecule has 0 spiro atoms. The Morgan fingerprint density at radius 3 is 1.63 bits per heavy atom. The van der Waals surface area contributed by atoms with Crippen LogP contribution in [0.15, 0.2) is 36.5 Å². The molecule has 0 aromatic carbocycles. The standard InChI is InChI=1S/C40H72NO10P/c1-3-5-7-9-11-13-15-17-19-21-23-25-27-29-31-38(43)41-37(40(45)46)35-51-52(47,48)50-34-36(42)33-49-39(44)32-30-28-26-24-22-20-18-16-14-12-10-8-6-4-2/h10,12,15-18,36-37,42H,3-9,11,13-14,19-35H2,1-2H3,(H,41,43)(H,45,46)(H,47,48)/b12-10-,17-15-,18-16-. The average molecular weight is 758 g/mol. The second-order valence-electron chi connectivity index (χ2n) is 13.5. The Morgan fingerprint density at radius 1 is 0.615 bits per heavy atom. The van der Waals surface area contributed by atoms with Crippen molar-refractivity contribution in [1.82, 2.24) is 5.32 Å². The number of amides is 1. The summed E-state index contributed by atoms with van der Waals surface area (Å²) in [5.74, 6) is -2.40. The Labute approximate surface area is 314 Å². The monoisotopic (exact) mass is 757 g/mol. The largest absolute Gasteiger partial charge is 0.480 e. The number of unbranched alkanes of at least 4 members (excludes halogenated alkanes) is 17. The van der Waals surface area contributed by atoms with Gasteiger partial charge >= 0.3 is 19.8 Å². The SMILES string of the molecule is CCCC/C=C\C/C=C\CCCCCCCC(=O)OCC(O)COP(=O)(O)OCC(NC(=O)CCCCCCC/C=C\CCCCCCC)C(=O)O. The van der Waals surface area contributed by atoms with E-state index in [1.165, 1.54) is 44.9 Å². The number of phosphoric acid groups is 1. The molecule has 0 saturated heterocycles. The molecule has 0 aromatic heterocycles. The second kappa shape index (κ2) is 35.7. The molecular weight excluding hydrogens is 685 g/mol. The van der Waals surface area contributed by atoms with Crippen molar-refractivity contribution in [3.8, 4) is 0 Å². The number of aliphatic hydroxyl groups is 1. The van der Waals surface area contributed by atoms with E-state index in [-0.39, 0.29) is 12.8 Å². The van der Waals surface area contributed by atoms with Crippen LogP contribution in [0.1, 0.15) is 168 Å². The maximum Gasteiger partial charge on any atom is 0.472 e. The van der Waals surface area contributed by atoms with Gasteiger partial charge in [-0.3, -0.25) is 18.6 Å². The highest BCUT2D eigenvalue weighted by Gasteiger charge is 2.28. The fraction of sp³-hybridized carbons (Fsp3) is 0.775. The summed E-state index contributed by atoms with van der Waals surface area (Å²) in [6, 6.07) is -1.55. The van der Waals surface area contributed by atoms with Crippen molar-refractivity contribution >= 4 is 25.7 Å². The summed E-state index contributed by atoms with van der Waals surface area (Å²) in [5.41, 5.74) is 0. The van der Waals surface area contributed by atoms with Gasteiger partial charge in [-0.25, -0.2) is 9.36 Å². The molecular formula is C40H72NO10P. The minimum atomic E-state index is -4.76. The molecule has 302 valence electrons. The van der Waals surface area contributed by atoms with E-state index in [0.29, 0.717) is 12.8 Å². The van der Waals surface area contributed by atoms with E-state index in [9.17, 15) is 34.1 Å². The van der Waals surface area contributed by atoms with Crippen LogP contribution in [0.25, 0.3) is 0 Å². The molecule has 12 heteroatoms. The number of rotatable bonds is 37. The summed E-state index contributed by atoms with van der Waals surface area (Å²) in [4.78, 5) is 45.7. The van der Waals surface area contributed by atoms with Crippen LogP contribution in [0.3, 0.4) is 0 Å². The molecule has 3 unspecified atom stereocenters. The zero-order chi connectivity index (χ0) is 38.5. The molecule has 3 atom stereocenters. The van der Waals surface area contributed by atoms with Gasteiger partial charge in [-0.1, -0.05) is 127 Å². The Balaban J connectivity index is 3.98. The zero-order valence-corrected chi connectivity index (χ0v) is 33.3. The smallest absolute Gasteiger partial charge is 0.472 e. The summed E-state index contributed by atoms with van der Waals surface area (Å²) < 4.78 is 26.7. The quantitative estimate of drug-likeness (QED) is 0.0207. The van der Waals surface area contributed by atoms with Gasteiger partial charge in [0, 0.05) is 12.8 Å². The van der Waals surface area contributed by atoms with Crippen LogP contribution < -0.4 is 5.32 Å². The number of hydrogen-bond acceptors (Lipinski definition) is 8. The number of carbonyl (C=O) groups is 3. The molecule has 0 fully saturated rings. The minimum absolute atomic E-state index is 0.134. The number of hydrogen-bond donors (Lipinski definition) is 4. The van der Waals surface area contributed by atoms with Gasteiger partial charge in [0.05, 0.1) is 13.2 Å². The topological polar surface area (TPSA) is 169 Å². The third-order valence-electron chi connectivity index (χ3n) is 8.40. The van der Waals surface area contributed by atoms with Gasteiger partial charge in [0.15, 0.2) is 6.04 Å². The Kier molecular flexibility index (Phi) is 34.1. The lowest BCUT2D eigenvalue weighted by Crippen LogP contribution is -2.43. The third kappa shape index (κ3) is 34.8. The number of ether oxygens (including phenoxy) is 1.